The molecule has 3 rings (SSSR count). The van der Waals surface area contributed by atoms with E-state index in [1.54, 1.807) is 0 Å². The summed E-state index contributed by atoms with van der Waals surface area (Å²) in [4.78, 5) is 10.0. The Morgan fingerprint density at radius 1 is 1.27 bits per heavy atom. The Bertz CT molecular complexity index is 686. The summed E-state index contributed by atoms with van der Waals surface area (Å²) in [6, 6.07) is 3.45. The van der Waals surface area contributed by atoms with Crippen LogP contribution in [-0.2, 0) is 10.0 Å². The van der Waals surface area contributed by atoms with E-state index in [1.807, 2.05) is 0 Å². The fourth-order valence-corrected chi connectivity index (χ4v) is 5.03. The summed E-state index contributed by atoms with van der Waals surface area (Å²) in [7, 11) is -3.70. The molecule has 2 saturated heterocycles. The number of non-ortho nitro benzene ring substituents is 1. The molecule has 1 N–H and O–H groups in total. The largest absolute Gasteiger partial charge is 0.316 e. The van der Waals surface area contributed by atoms with Gasteiger partial charge in [-0.1, -0.05) is 11.6 Å². The van der Waals surface area contributed by atoms with Crippen LogP contribution < -0.4 is 5.32 Å². The highest BCUT2D eigenvalue weighted by Crippen LogP contribution is 2.34. The third-order valence-corrected chi connectivity index (χ3v) is 6.41. The van der Waals surface area contributed by atoms with Gasteiger partial charge in [-0.2, -0.15) is 4.31 Å². The molecule has 0 aromatic heterocycles. The van der Waals surface area contributed by atoms with E-state index in [0.717, 1.165) is 25.2 Å². The highest BCUT2D eigenvalue weighted by molar-refractivity contribution is 7.89. The standard InChI is InChI=1S/C12H14ClN3O4S.ClH/c13-11-3-10(16(17)18)1-2-12(11)21(19,20)15-6-8-4-14-5-9(8)7-15;/h1-3,8-9,14H,4-7H2;1H/t8-,9+;. The zero-order chi connectivity index (χ0) is 15.2. The van der Waals surface area contributed by atoms with Gasteiger partial charge in [0.05, 0.1) is 9.95 Å². The molecule has 0 aliphatic carbocycles. The van der Waals surface area contributed by atoms with Gasteiger partial charge in [0.2, 0.25) is 10.0 Å². The number of nitrogens with zero attached hydrogens (tertiary/aromatic N) is 2. The summed E-state index contributed by atoms with van der Waals surface area (Å²) in [6.45, 7) is 2.58. The molecule has 1 aromatic carbocycles. The molecular formula is C12H15Cl2N3O4S. The predicted molar refractivity (Wildman–Crippen MR) is 84.0 cm³/mol. The number of benzene rings is 1. The van der Waals surface area contributed by atoms with Crippen LogP contribution in [0.2, 0.25) is 5.02 Å². The van der Waals surface area contributed by atoms with E-state index < -0.39 is 14.9 Å². The predicted octanol–water partition coefficient (Wildman–Crippen LogP) is 1.51. The molecule has 2 atom stereocenters. The van der Waals surface area contributed by atoms with Crippen molar-refractivity contribution < 1.29 is 13.3 Å². The van der Waals surface area contributed by atoms with Gasteiger partial charge in [-0.15, -0.1) is 12.4 Å². The third kappa shape index (κ3) is 2.93. The fraction of sp³-hybridized carbons (Fsp3) is 0.500. The smallest absolute Gasteiger partial charge is 0.271 e. The Kier molecular flexibility index (Phi) is 4.98. The highest BCUT2D eigenvalue weighted by atomic mass is 35.5. The van der Waals surface area contributed by atoms with E-state index in [9.17, 15) is 18.5 Å². The van der Waals surface area contributed by atoms with Gasteiger partial charge in [-0.05, 0) is 31.0 Å². The Morgan fingerprint density at radius 2 is 1.86 bits per heavy atom. The molecule has 7 nitrogen and oxygen atoms in total. The van der Waals surface area contributed by atoms with Gasteiger partial charge >= 0.3 is 0 Å². The first-order chi connectivity index (χ1) is 9.89. The molecule has 0 unspecified atom stereocenters. The molecule has 1 aromatic rings. The van der Waals surface area contributed by atoms with Crippen LogP contribution in [0.25, 0.3) is 0 Å². The maximum Gasteiger partial charge on any atom is 0.271 e. The Labute approximate surface area is 139 Å². The molecular weight excluding hydrogens is 353 g/mol. The lowest BCUT2D eigenvalue weighted by Crippen LogP contribution is -2.32. The number of nitrogens with one attached hydrogen (secondary N) is 1. The number of fused-ring (bicyclic) bond motifs is 1. The van der Waals surface area contributed by atoms with Crippen molar-refractivity contribution in [3.63, 3.8) is 0 Å². The second-order valence-corrected chi connectivity index (χ2v) is 7.69. The number of rotatable bonds is 3. The second-order valence-electron chi connectivity index (χ2n) is 5.37. The van der Waals surface area contributed by atoms with Crippen LogP contribution in [0, 0.1) is 22.0 Å². The van der Waals surface area contributed by atoms with Crippen LogP contribution in [-0.4, -0.2) is 43.8 Å². The van der Waals surface area contributed by atoms with E-state index >= 15 is 0 Å². The first-order valence-corrected chi connectivity index (χ1v) is 8.36. The van der Waals surface area contributed by atoms with Gasteiger partial charge in [0, 0.05) is 25.2 Å². The van der Waals surface area contributed by atoms with Crippen molar-refractivity contribution in [2.45, 2.75) is 4.90 Å². The number of hydrogen-bond donors (Lipinski definition) is 1. The summed E-state index contributed by atoms with van der Waals surface area (Å²) in [5.74, 6) is 0.660. The molecule has 0 amide bonds. The minimum Gasteiger partial charge on any atom is -0.316 e. The Hall–Kier alpha value is -0.930. The minimum absolute atomic E-state index is 0. The maximum absolute atomic E-state index is 12.6. The van der Waals surface area contributed by atoms with Crippen LogP contribution in [0.15, 0.2) is 23.1 Å². The molecule has 2 aliphatic rings. The number of halogens is 2. The first kappa shape index (κ1) is 17.4. The van der Waals surface area contributed by atoms with Crippen molar-refractivity contribution in [1.82, 2.24) is 9.62 Å². The van der Waals surface area contributed by atoms with Crippen LogP contribution in [0.5, 0.6) is 0 Å². The van der Waals surface area contributed by atoms with E-state index in [0.29, 0.717) is 24.9 Å². The number of hydrogen-bond acceptors (Lipinski definition) is 5. The SMILES string of the molecule is Cl.O=[N+]([O-])c1ccc(S(=O)(=O)N2C[C@H]3CNC[C@H]3C2)c(Cl)c1. The van der Waals surface area contributed by atoms with Crippen LogP contribution >= 0.6 is 24.0 Å². The third-order valence-electron chi connectivity index (χ3n) is 4.10. The molecule has 0 radical (unpaired) electrons. The van der Waals surface area contributed by atoms with Gasteiger partial charge in [-0.25, -0.2) is 8.42 Å². The monoisotopic (exact) mass is 367 g/mol. The first-order valence-electron chi connectivity index (χ1n) is 6.54. The van der Waals surface area contributed by atoms with E-state index in [4.69, 9.17) is 11.6 Å². The summed E-state index contributed by atoms with van der Waals surface area (Å²) in [5, 5.41) is 13.8. The molecule has 0 saturated carbocycles. The molecule has 2 heterocycles. The van der Waals surface area contributed by atoms with Gasteiger partial charge in [0.25, 0.3) is 5.69 Å². The molecule has 22 heavy (non-hydrogen) atoms. The number of sulfonamides is 1. The van der Waals surface area contributed by atoms with Crippen molar-refractivity contribution >= 4 is 39.7 Å². The lowest BCUT2D eigenvalue weighted by molar-refractivity contribution is -0.384. The van der Waals surface area contributed by atoms with Crippen LogP contribution in [0.4, 0.5) is 5.69 Å². The van der Waals surface area contributed by atoms with E-state index in [1.165, 1.54) is 10.4 Å². The van der Waals surface area contributed by atoms with Gasteiger partial charge < -0.3 is 5.32 Å². The van der Waals surface area contributed by atoms with E-state index in [-0.39, 0.29) is 28.0 Å². The fourth-order valence-electron chi connectivity index (χ4n) is 2.96. The number of nitro groups is 1. The number of nitro benzene ring substituents is 1. The van der Waals surface area contributed by atoms with Crippen molar-refractivity contribution in [2.75, 3.05) is 26.2 Å². The topological polar surface area (TPSA) is 92.5 Å². The Morgan fingerprint density at radius 3 is 2.36 bits per heavy atom. The summed E-state index contributed by atoms with van der Waals surface area (Å²) < 4.78 is 26.7. The van der Waals surface area contributed by atoms with Crippen LogP contribution in [0.3, 0.4) is 0 Å². The van der Waals surface area contributed by atoms with Gasteiger partial charge in [0.15, 0.2) is 0 Å². The zero-order valence-electron chi connectivity index (χ0n) is 11.4. The lowest BCUT2D eigenvalue weighted by Gasteiger charge is -2.18. The maximum atomic E-state index is 12.6. The normalized spacial score (nSPS) is 24.8. The van der Waals surface area contributed by atoms with Crippen LogP contribution in [0.1, 0.15) is 0 Å². The summed E-state index contributed by atoms with van der Waals surface area (Å²) in [6.07, 6.45) is 0. The average Bonchev–Trinajstić information content (AvgIpc) is 2.98. The summed E-state index contributed by atoms with van der Waals surface area (Å²) >= 11 is 5.93. The second kappa shape index (κ2) is 6.29. The molecule has 2 aliphatic heterocycles. The van der Waals surface area contributed by atoms with E-state index in [2.05, 4.69) is 5.32 Å². The highest BCUT2D eigenvalue weighted by Gasteiger charge is 2.42. The lowest BCUT2D eigenvalue weighted by atomic mass is 10.0. The molecule has 0 spiro atoms. The summed E-state index contributed by atoms with van der Waals surface area (Å²) in [5.41, 5.74) is -0.221. The average molecular weight is 368 g/mol. The quantitative estimate of drug-likeness (QED) is 0.645. The Balaban J connectivity index is 0.00000176. The van der Waals surface area contributed by atoms with Crippen molar-refractivity contribution in [1.29, 1.82) is 0 Å². The molecule has 122 valence electrons. The molecule has 2 fully saturated rings. The van der Waals surface area contributed by atoms with Gasteiger partial charge in [0.1, 0.15) is 4.90 Å². The minimum atomic E-state index is -3.70. The molecule has 10 heteroatoms. The van der Waals surface area contributed by atoms with Crippen molar-refractivity contribution in [3.05, 3.63) is 33.3 Å². The molecule has 0 bridgehead atoms. The van der Waals surface area contributed by atoms with Gasteiger partial charge in [-0.3, -0.25) is 10.1 Å². The zero-order valence-corrected chi connectivity index (χ0v) is 13.8. The van der Waals surface area contributed by atoms with Crippen molar-refractivity contribution in [3.8, 4) is 0 Å². The van der Waals surface area contributed by atoms with Crippen molar-refractivity contribution in [2.24, 2.45) is 11.8 Å².